The molecule has 84 heavy (non-hydrogen) atoms. The van der Waals surface area contributed by atoms with Gasteiger partial charge in [0.1, 0.15) is 47.9 Å². The molecule has 0 unspecified atom stereocenters. The zero-order chi connectivity index (χ0) is 59.1. The largest absolute Gasteiger partial charge is 2.00 e. The molecule has 8 bridgehead atoms. The smallest absolute Gasteiger partial charge is 0.657 e. The third-order valence-electron chi connectivity index (χ3n) is 14.1. The molecule has 3 atom stereocenters. The minimum atomic E-state index is -0.876. The van der Waals surface area contributed by atoms with Gasteiger partial charge in [-0.1, -0.05) is 48.5 Å². The minimum absolute atomic E-state index is 0. The van der Waals surface area contributed by atoms with Crippen LogP contribution in [0.15, 0.2) is 97.1 Å². The second kappa shape index (κ2) is 26.9. The number of hydrogen-bond donors (Lipinski definition) is 4. The molecule has 21 heteroatoms. The van der Waals surface area contributed by atoms with Gasteiger partial charge >= 0.3 is 16.8 Å². The van der Waals surface area contributed by atoms with E-state index in [1.165, 1.54) is 28.4 Å². The van der Waals surface area contributed by atoms with Crippen molar-refractivity contribution in [1.82, 2.24) is 19.9 Å². The summed E-state index contributed by atoms with van der Waals surface area (Å²) in [6, 6.07) is 28.3. The molecule has 2 aliphatic rings. The first-order valence-electron chi connectivity index (χ1n) is 26.3. The molecule has 7 aromatic rings. The number of aromatic nitrogens is 4. The van der Waals surface area contributed by atoms with E-state index in [0.717, 1.165) is 0 Å². The molecule has 1 radical (unpaired) electrons. The fraction of sp³-hybridized carbons (Fsp3) is 0.238. The van der Waals surface area contributed by atoms with Crippen LogP contribution in [0.4, 0.5) is 22.7 Å². The molecule has 0 fully saturated rings. The number of benzene rings is 4. The fourth-order valence-electron chi connectivity index (χ4n) is 9.71. The molecule has 0 saturated heterocycles. The number of nitrogens with one attached hydrogen (secondary N) is 4. The standard InChI is InChI=1S/C63H64N8O12.Co/c1-33(77-5)61(73)69-37-17-12-16-36(68-52(72)32-76-4)53(37)55-40-24-28-44(64-40)57(59-48(80-8)20-14-21-49(59)81-9)46-30-26-42(66-46)56(54-38(70-62(74)34(2)78-6)18-13-19-39(54)71-63(75)35(3)79-7)43-27-31-47(67-43)58(45-29-25-41(55)65-45)60-50(82-10)22-15-23-51(60)83-11;/h12-31,33-35H,32H2,1-11H3,(H6,64,65,66,67,68,69,70,71,72,73,74,75);/q;+2/p-2/t33-,34-,35-;/m0./s1. The Morgan fingerprint density at radius 2 is 0.667 bits per heavy atom. The van der Waals surface area contributed by atoms with Gasteiger partial charge in [-0.2, -0.15) is 0 Å². The van der Waals surface area contributed by atoms with Gasteiger partial charge in [0, 0.05) is 50.7 Å². The zero-order valence-electron chi connectivity index (χ0n) is 48.0. The van der Waals surface area contributed by atoms with Gasteiger partial charge < -0.3 is 69.1 Å². The number of ether oxygens (including phenoxy) is 8. The van der Waals surface area contributed by atoms with E-state index in [1.807, 2.05) is 48.6 Å². The molecule has 0 spiro atoms. The summed E-state index contributed by atoms with van der Waals surface area (Å²) in [7, 11) is 11.9. The van der Waals surface area contributed by atoms with E-state index in [9.17, 15) is 19.2 Å². The number of hydrogen-bond acceptors (Lipinski definition) is 14. The van der Waals surface area contributed by atoms with Gasteiger partial charge in [-0.3, -0.25) is 19.2 Å². The van der Waals surface area contributed by atoms with Crippen LogP contribution in [0.5, 0.6) is 23.0 Å². The summed E-state index contributed by atoms with van der Waals surface area (Å²) >= 11 is 0. The number of nitrogens with zero attached hydrogens (tertiary/aromatic N) is 4. The summed E-state index contributed by atoms with van der Waals surface area (Å²) in [6.07, 6.45) is 4.65. The van der Waals surface area contributed by atoms with Gasteiger partial charge in [0.05, 0.1) is 85.1 Å². The molecule has 4 N–H and O–H groups in total. The number of anilines is 4. The summed E-state index contributed by atoms with van der Waals surface area (Å²) in [5.41, 5.74) is 7.62. The summed E-state index contributed by atoms with van der Waals surface area (Å²) in [6.45, 7) is 4.58. The second-order valence-corrected chi connectivity index (χ2v) is 19.0. The van der Waals surface area contributed by atoms with Crippen LogP contribution < -0.4 is 50.2 Å². The van der Waals surface area contributed by atoms with Crippen LogP contribution in [-0.2, 0) is 54.9 Å². The molecule has 5 heterocycles. The van der Waals surface area contributed by atoms with Crippen LogP contribution in [0.3, 0.4) is 0 Å². The Hall–Kier alpha value is -9.09. The van der Waals surface area contributed by atoms with Crippen molar-refractivity contribution in [3.05, 3.63) is 120 Å². The molecule has 435 valence electrons. The monoisotopic (exact) mass is 1180 g/mol. The summed E-state index contributed by atoms with van der Waals surface area (Å²) < 4.78 is 46.0. The van der Waals surface area contributed by atoms with Gasteiger partial charge in [-0.25, -0.2) is 9.97 Å². The summed E-state index contributed by atoms with van der Waals surface area (Å²) in [5.74, 6) is -0.154. The van der Waals surface area contributed by atoms with Crippen molar-refractivity contribution >= 4 is 92.7 Å². The topological polar surface area (TPSA) is 244 Å². The first-order valence-corrected chi connectivity index (χ1v) is 26.3. The third-order valence-corrected chi connectivity index (χ3v) is 14.1. The van der Waals surface area contributed by atoms with Crippen molar-refractivity contribution in [1.29, 1.82) is 0 Å². The van der Waals surface area contributed by atoms with Crippen LogP contribution in [0.1, 0.15) is 43.5 Å². The maximum atomic E-state index is 13.9. The van der Waals surface area contributed by atoms with Crippen LogP contribution >= 0.6 is 0 Å². The molecule has 4 amide bonds. The van der Waals surface area contributed by atoms with Gasteiger partial charge in [0.25, 0.3) is 17.7 Å². The van der Waals surface area contributed by atoms with E-state index in [0.29, 0.717) is 135 Å². The summed E-state index contributed by atoms with van der Waals surface area (Å²) in [4.78, 5) is 77.1. The van der Waals surface area contributed by atoms with Crippen molar-refractivity contribution in [3.63, 3.8) is 0 Å². The number of carbonyl (C=O) groups excluding carboxylic acids is 4. The molecule has 3 aromatic heterocycles. The maximum absolute atomic E-state index is 13.9. The third kappa shape index (κ3) is 12.2. The molecule has 2 aliphatic heterocycles. The van der Waals surface area contributed by atoms with Crippen LogP contribution in [0.25, 0.3) is 90.9 Å². The zero-order valence-corrected chi connectivity index (χ0v) is 49.0. The van der Waals surface area contributed by atoms with Gasteiger partial charge in [-0.15, -0.1) is 22.1 Å². The van der Waals surface area contributed by atoms with Crippen molar-refractivity contribution < 1.29 is 73.9 Å². The molecule has 0 saturated carbocycles. The predicted octanol–water partition coefficient (Wildman–Crippen LogP) is 10.1. The minimum Gasteiger partial charge on any atom is -0.657 e. The van der Waals surface area contributed by atoms with E-state index >= 15 is 0 Å². The molecular formula is C63H62CoN8O12. The molecule has 4 aromatic carbocycles. The Labute approximate surface area is 495 Å². The Morgan fingerprint density at radius 3 is 0.940 bits per heavy atom. The van der Waals surface area contributed by atoms with Gasteiger partial charge in [0.15, 0.2) is 0 Å². The van der Waals surface area contributed by atoms with Crippen molar-refractivity contribution in [2.45, 2.75) is 39.1 Å². The molecule has 20 nitrogen and oxygen atoms in total. The Morgan fingerprint density at radius 1 is 0.393 bits per heavy atom. The van der Waals surface area contributed by atoms with E-state index in [1.54, 1.807) is 122 Å². The Kier molecular flexibility index (Phi) is 19.5. The molecular weight excluding hydrogens is 1120 g/mol. The fourth-order valence-corrected chi connectivity index (χ4v) is 9.71. The number of methoxy groups -OCH3 is 8. The molecule has 0 aliphatic carbocycles. The van der Waals surface area contributed by atoms with Crippen LogP contribution in [-0.4, -0.2) is 115 Å². The molecule has 9 rings (SSSR count). The number of carbonyl (C=O) groups is 4. The van der Waals surface area contributed by atoms with Crippen molar-refractivity contribution in [2.75, 3.05) is 84.8 Å². The normalized spacial score (nSPS) is 12.6. The average molecular weight is 1180 g/mol. The SMILES string of the molecule is COCC(=O)Nc1cccc(NC(=O)[C@H](C)OC)c1-c1c2nc(c(-c3c(OC)cccc3OC)c3ccc([n-]3)c(-c3c(NC(=O)[C@H](C)OC)cccc3NC(=O)[C@H](C)OC)c3nc(c(-c4c(OC)cccc4OC)c4ccc1[n-]4)C=C3)C=C2.[Co+2]. The first kappa shape index (κ1) is 61.0. The first-order chi connectivity index (χ1) is 40.2. The predicted molar refractivity (Wildman–Crippen MR) is 321 cm³/mol. The summed E-state index contributed by atoms with van der Waals surface area (Å²) in [5, 5.41) is 12.1. The van der Waals surface area contributed by atoms with Gasteiger partial charge in [-0.05, 0) is 105 Å². The van der Waals surface area contributed by atoms with Crippen molar-refractivity contribution in [3.8, 4) is 67.5 Å². The number of fused-ring (bicyclic) bond motifs is 8. The van der Waals surface area contributed by atoms with Gasteiger partial charge in [0.2, 0.25) is 5.91 Å². The van der Waals surface area contributed by atoms with E-state index in [2.05, 4.69) is 21.3 Å². The Bertz CT molecular complexity index is 3770. The second-order valence-electron chi connectivity index (χ2n) is 19.0. The number of rotatable bonds is 20. The van der Waals surface area contributed by atoms with Crippen LogP contribution in [0, 0.1) is 0 Å². The van der Waals surface area contributed by atoms with Crippen LogP contribution in [0.2, 0.25) is 0 Å². The van der Waals surface area contributed by atoms with E-state index in [4.69, 9.17) is 57.8 Å². The Balaban J connectivity index is 0.00000920. The average Bonchev–Trinajstić information content (AvgIpc) is 4.52. The number of amides is 4. The van der Waals surface area contributed by atoms with E-state index < -0.39 is 41.9 Å². The quantitative estimate of drug-likeness (QED) is 0.0554. The van der Waals surface area contributed by atoms with E-state index in [-0.39, 0.29) is 23.4 Å². The van der Waals surface area contributed by atoms with Crippen molar-refractivity contribution in [2.24, 2.45) is 0 Å². The maximum Gasteiger partial charge on any atom is 2.00 e.